The van der Waals surface area contributed by atoms with Crippen LogP contribution in [-0.4, -0.2) is 21.5 Å². The van der Waals surface area contributed by atoms with Crippen molar-refractivity contribution in [1.29, 1.82) is 0 Å². The molecule has 0 bridgehead atoms. The Hall–Kier alpha value is -2.47. The highest BCUT2D eigenvalue weighted by atomic mass is 32.2. The molecule has 0 saturated carbocycles. The van der Waals surface area contributed by atoms with Crippen molar-refractivity contribution in [3.63, 3.8) is 0 Å². The summed E-state index contributed by atoms with van der Waals surface area (Å²) >= 11 is 1.57. The van der Waals surface area contributed by atoms with E-state index in [1.165, 1.54) is 15.8 Å². The lowest BCUT2D eigenvalue weighted by molar-refractivity contribution is 0.340. The van der Waals surface area contributed by atoms with E-state index in [-0.39, 0.29) is 0 Å². The Bertz CT molecular complexity index is 797. The molecule has 0 aliphatic heterocycles. The highest BCUT2D eigenvalue weighted by molar-refractivity contribution is 7.98. The molecule has 1 aromatic heterocycles. The molecular weight excluding hydrogens is 320 g/mol. The van der Waals surface area contributed by atoms with Gasteiger partial charge < -0.3 is 10.6 Å². The van der Waals surface area contributed by atoms with Crippen molar-refractivity contribution in [3.05, 3.63) is 59.7 Å². The standard InChI is InChI=1S/C18H20N4OS/c1-3-23-16-10-8-15(9-11-16)17-20-21-18(22(17)19)24-12-14-6-4-13(2)5-7-14/h4-11H,3,12,19H2,1-2H3. The number of aromatic nitrogens is 3. The zero-order valence-corrected chi connectivity index (χ0v) is 14.6. The Kier molecular flexibility index (Phi) is 5.05. The molecule has 0 atom stereocenters. The number of nitrogens with two attached hydrogens (primary N) is 1. The Balaban J connectivity index is 1.72. The minimum atomic E-state index is 0.643. The summed E-state index contributed by atoms with van der Waals surface area (Å²) in [5.41, 5.74) is 3.40. The van der Waals surface area contributed by atoms with Crippen molar-refractivity contribution in [1.82, 2.24) is 14.9 Å². The molecule has 24 heavy (non-hydrogen) atoms. The summed E-state index contributed by atoms with van der Waals surface area (Å²) in [5, 5.41) is 9.11. The maximum Gasteiger partial charge on any atom is 0.210 e. The fraction of sp³-hybridized carbons (Fsp3) is 0.222. The first-order chi connectivity index (χ1) is 11.7. The number of rotatable bonds is 6. The van der Waals surface area contributed by atoms with Gasteiger partial charge in [-0.15, -0.1) is 10.2 Å². The summed E-state index contributed by atoms with van der Waals surface area (Å²) in [6.45, 7) is 4.69. The first kappa shape index (κ1) is 16.4. The largest absolute Gasteiger partial charge is 0.494 e. The fourth-order valence-electron chi connectivity index (χ4n) is 2.27. The molecule has 0 saturated heterocycles. The predicted octanol–water partition coefficient (Wildman–Crippen LogP) is 3.66. The van der Waals surface area contributed by atoms with Crippen LogP contribution in [0.1, 0.15) is 18.1 Å². The molecule has 124 valence electrons. The number of aryl methyl sites for hydroxylation is 1. The normalized spacial score (nSPS) is 10.8. The van der Waals surface area contributed by atoms with Crippen LogP contribution in [0.5, 0.6) is 5.75 Å². The number of benzene rings is 2. The van der Waals surface area contributed by atoms with Crippen LogP contribution in [0.3, 0.4) is 0 Å². The van der Waals surface area contributed by atoms with Gasteiger partial charge in [0.2, 0.25) is 5.16 Å². The Morgan fingerprint density at radius 2 is 1.75 bits per heavy atom. The van der Waals surface area contributed by atoms with Crippen LogP contribution >= 0.6 is 11.8 Å². The molecule has 2 N–H and O–H groups in total. The Morgan fingerprint density at radius 1 is 1.04 bits per heavy atom. The van der Waals surface area contributed by atoms with E-state index in [0.717, 1.165) is 17.1 Å². The van der Waals surface area contributed by atoms with Gasteiger partial charge in [0, 0.05) is 11.3 Å². The van der Waals surface area contributed by atoms with Gasteiger partial charge in [-0.25, -0.2) is 4.68 Å². The highest BCUT2D eigenvalue weighted by Gasteiger charge is 2.12. The lowest BCUT2D eigenvalue weighted by Gasteiger charge is -2.06. The number of nitrogens with zero attached hydrogens (tertiary/aromatic N) is 3. The minimum Gasteiger partial charge on any atom is -0.494 e. The topological polar surface area (TPSA) is 66.0 Å². The summed E-state index contributed by atoms with van der Waals surface area (Å²) in [4.78, 5) is 0. The van der Waals surface area contributed by atoms with Crippen molar-refractivity contribution in [3.8, 4) is 17.1 Å². The van der Waals surface area contributed by atoms with Gasteiger partial charge in [0.25, 0.3) is 0 Å². The smallest absolute Gasteiger partial charge is 0.210 e. The summed E-state index contributed by atoms with van der Waals surface area (Å²) in [6.07, 6.45) is 0. The molecule has 1 heterocycles. The van der Waals surface area contributed by atoms with E-state index < -0.39 is 0 Å². The van der Waals surface area contributed by atoms with E-state index in [2.05, 4.69) is 41.4 Å². The van der Waals surface area contributed by atoms with Crippen LogP contribution in [0.2, 0.25) is 0 Å². The second-order valence-corrected chi connectivity index (χ2v) is 6.35. The average Bonchev–Trinajstić information content (AvgIpc) is 2.96. The van der Waals surface area contributed by atoms with Gasteiger partial charge in [-0.2, -0.15) is 0 Å². The summed E-state index contributed by atoms with van der Waals surface area (Å²) < 4.78 is 6.99. The van der Waals surface area contributed by atoms with Crippen molar-refractivity contribution in [2.75, 3.05) is 12.4 Å². The van der Waals surface area contributed by atoms with Crippen molar-refractivity contribution >= 4 is 11.8 Å². The maximum atomic E-state index is 6.16. The second kappa shape index (κ2) is 7.40. The van der Waals surface area contributed by atoms with E-state index in [1.54, 1.807) is 11.8 Å². The Morgan fingerprint density at radius 3 is 2.42 bits per heavy atom. The third kappa shape index (κ3) is 3.71. The van der Waals surface area contributed by atoms with Gasteiger partial charge in [0.15, 0.2) is 5.82 Å². The zero-order chi connectivity index (χ0) is 16.9. The first-order valence-corrected chi connectivity index (χ1v) is 8.78. The molecule has 0 aliphatic rings. The van der Waals surface area contributed by atoms with Crippen molar-refractivity contribution < 1.29 is 4.74 Å². The minimum absolute atomic E-state index is 0.643. The fourth-order valence-corrected chi connectivity index (χ4v) is 3.08. The molecule has 0 aliphatic carbocycles. The Labute approximate surface area is 145 Å². The molecule has 3 rings (SSSR count). The summed E-state index contributed by atoms with van der Waals surface area (Å²) in [5.74, 6) is 8.44. The van der Waals surface area contributed by atoms with Crippen LogP contribution in [0.25, 0.3) is 11.4 Å². The predicted molar refractivity (Wildman–Crippen MR) is 97.5 cm³/mol. The molecule has 6 heteroatoms. The summed E-state index contributed by atoms with van der Waals surface area (Å²) in [7, 11) is 0. The van der Waals surface area contributed by atoms with E-state index >= 15 is 0 Å². The third-order valence-corrected chi connectivity index (χ3v) is 4.59. The molecule has 0 fully saturated rings. The monoisotopic (exact) mass is 340 g/mol. The number of ether oxygens (including phenoxy) is 1. The van der Waals surface area contributed by atoms with Gasteiger partial charge in [-0.1, -0.05) is 41.6 Å². The van der Waals surface area contributed by atoms with E-state index in [4.69, 9.17) is 10.6 Å². The number of hydrogen-bond acceptors (Lipinski definition) is 5. The van der Waals surface area contributed by atoms with Crippen LogP contribution in [0, 0.1) is 6.92 Å². The molecule has 0 radical (unpaired) electrons. The van der Waals surface area contributed by atoms with E-state index in [9.17, 15) is 0 Å². The second-order valence-electron chi connectivity index (χ2n) is 5.41. The van der Waals surface area contributed by atoms with Crippen LogP contribution < -0.4 is 10.6 Å². The molecular formula is C18H20N4OS. The lowest BCUT2D eigenvalue weighted by atomic mass is 10.2. The quantitative estimate of drug-likeness (QED) is 0.548. The van der Waals surface area contributed by atoms with E-state index in [0.29, 0.717) is 17.6 Å². The van der Waals surface area contributed by atoms with Gasteiger partial charge in [0.1, 0.15) is 5.75 Å². The summed E-state index contributed by atoms with van der Waals surface area (Å²) in [6, 6.07) is 16.1. The van der Waals surface area contributed by atoms with Gasteiger partial charge in [-0.05, 0) is 43.7 Å². The van der Waals surface area contributed by atoms with Crippen molar-refractivity contribution in [2.45, 2.75) is 24.8 Å². The van der Waals surface area contributed by atoms with E-state index in [1.807, 2.05) is 31.2 Å². The SMILES string of the molecule is CCOc1ccc(-c2nnc(SCc3ccc(C)cc3)n2N)cc1. The molecule has 3 aromatic rings. The number of nitrogen functional groups attached to an aromatic ring is 1. The first-order valence-electron chi connectivity index (χ1n) is 7.79. The van der Waals surface area contributed by atoms with Gasteiger partial charge in [-0.3, -0.25) is 0 Å². The number of thioether (sulfide) groups is 1. The molecule has 5 nitrogen and oxygen atoms in total. The third-order valence-electron chi connectivity index (χ3n) is 3.58. The highest BCUT2D eigenvalue weighted by Crippen LogP contribution is 2.25. The van der Waals surface area contributed by atoms with Crippen LogP contribution in [-0.2, 0) is 5.75 Å². The van der Waals surface area contributed by atoms with Gasteiger partial charge in [0.05, 0.1) is 6.61 Å². The van der Waals surface area contributed by atoms with Crippen LogP contribution in [0.15, 0.2) is 53.7 Å². The van der Waals surface area contributed by atoms with Crippen LogP contribution in [0.4, 0.5) is 0 Å². The van der Waals surface area contributed by atoms with Gasteiger partial charge >= 0.3 is 0 Å². The molecule has 0 spiro atoms. The zero-order valence-electron chi connectivity index (χ0n) is 13.8. The molecule has 0 unspecified atom stereocenters. The molecule has 0 amide bonds. The molecule has 2 aromatic carbocycles. The number of hydrogen-bond donors (Lipinski definition) is 1. The maximum absolute atomic E-state index is 6.16. The lowest BCUT2D eigenvalue weighted by Crippen LogP contribution is -2.11. The average molecular weight is 340 g/mol. The van der Waals surface area contributed by atoms with Crippen molar-refractivity contribution in [2.24, 2.45) is 0 Å².